The molecular formula is C38H30O3. The van der Waals surface area contributed by atoms with Gasteiger partial charge in [0.05, 0.1) is 6.92 Å². The lowest BCUT2D eigenvalue weighted by atomic mass is 10.0. The normalized spacial score (nSPS) is 11.0. The summed E-state index contributed by atoms with van der Waals surface area (Å²) in [6.45, 7) is 1.82. The van der Waals surface area contributed by atoms with Gasteiger partial charge >= 0.3 is 5.97 Å². The van der Waals surface area contributed by atoms with Crippen molar-refractivity contribution in [2.75, 3.05) is 0 Å². The van der Waals surface area contributed by atoms with E-state index in [1.54, 1.807) is 0 Å². The second-order valence-corrected chi connectivity index (χ2v) is 9.76. The van der Waals surface area contributed by atoms with Crippen LogP contribution in [0.25, 0.3) is 33.4 Å². The van der Waals surface area contributed by atoms with Gasteiger partial charge in [0.15, 0.2) is 0 Å². The quantitative estimate of drug-likeness (QED) is 0.173. The van der Waals surface area contributed by atoms with Crippen molar-refractivity contribution in [2.24, 2.45) is 0 Å². The van der Waals surface area contributed by atoms with Crippen molar-refractivity contribution in [2.45, 2.75) is 12.9 Å². The Bertz CT molecular complexity index is 1510. The van der Waals surface area contributed by atoms with Gasteiger partial charge in [-0.25, -0.2) is 0 Å². The van der Waals surface area contributed by atoms with Crippen LogP contribution in [0.4, 0.5) is 0 Å². The fraction of sp³-hybridized carbons (Fsp3) is 0.0526. The number of hydrogen-bond donors (Lipinski definition) is 0. The fourth-order valence-corrected chi connectivity index (χ4v) is 4.90. The van der Waals surface area contributed by atoms with E-state index in [4.69, 9.17) is 14.2 Å². The maximum Gasteiger partial charge on any atom is 0.414 e. The number of benzene rings is 6. The van der Waals surface area contributed by atoms with Crippen LogP contribution in [-0.4, -0.2) is 5.97 Å². The van der Waals surface area contributed by atoms with Gasteiger partial charge in [0.1, 0.15) is 17.2 Å². The van der Waals surface area contributed by atoms with Crippen LogP contribution in [-0.2, 0) is 0 Å². The minimum absolute atomic E-state index is 0.649. The Morgan fingerprint density at radius 2 is 0.561 bits per heavy atom. The van der Waals surface area contributed by atoms with Crippen molar-refractivity contribution < 1.29 is 14.2 Å². The summed E-state index contributed by atoms with van der Waals surface area (Å²) in [5, 5.41) is 0. The molecule has 0 saturated carbocycles. The third-order valence-corrected chi connectivity index (χ3v) is 6.80. The molecule has 0 radical (unpaired) electrons. The summed E-state index contributed by atoms with van der Waals surface area (Å²) >= 11 is 0. The highest BCUT2D eigenvalue weighted by molar-refractivity contribution is 5.72. The molecule has 0 N–H and O–H groups in total. The zero-order chi connectivity index (χ0) is 27.9. The highest BCUT2D eigenvalue weighted by atomic mass is 16.9. The Morgan fingerprint density at radius 1 is 0.317 bits per heavy atom. The van der Waals surface area contributed by atoms with E-state index in [2.05, 4.69) is 36.4 Å². The molecule has 0 aliphatic heterocycles. The first-order valence-corrected chi connectivity index (χ1v) is 13.7. The molecule has 0 aliphatic rings. The number of rotatable bonds is 9. The minimum atomic E-state index is -1.53. The molecule has 0 fully saturated rings. The summed E-state index contributed by atoms with van der Waals surface area (Å²) in [6, 6.07) is 54.4. The maximum atomic E-state index is 6.73. The van der Waals surface area contributed by atoms with E-state index in [0.717, 1.165) is 33.4 Å². The van der Waals surface area contributed by atoms with Crippen molar-refractivity contribution in [3.63, 3.8) is 0 Å². The number of para-hydroxylation sites is 3. The monoisotopic (exact) mass is 534 g/mol. The van der Waals surface area contributed by atoms with Gasteiger partial charge in [-0.15, -0.1) is 0 Å². The van der Waals surface area contributed by atoms with Gasteiger partial charge < -0.3 is 14.2 Å². The SMILES string of the molecule is CC(Oc1ccccc1-c1ccccc1)(Oc1ccccc1-c1ccccc1)Oc1ccccc1-c1ccccc1. The summed E-state index contributed by atoms with van der Waals surface area (Å²) in [5.41, 5.74) is 5.96. The lowest BCUT2D eigenvalue weighted by Crippen LogP contribution is -2.45. The van der Waals surface area contributed by atoms with E-state index in [-0.39, 0.29) is 0 Å². The van der Waals surface area contributed by atoms with Crippen molar-refractivity contribution in [1.82, 2.24) is 0 Å². The Hall–Kier alpha value is -5.28. The standard InChI is InChI=1S/C38H30O3/c1-38(39-35-26-14-11-23-32(35)29-17-5-2-6-18-29,40-36-27-15-12-24-33(36)30-19-7-3-8-20-30)41-37-28-16-13-25-34(37)31-21-9-4-10-22-31/h2-28H,1H3. The zero-order valence-electron chi connectivity index (χ0n) is 22.8. The number of ether oxygens (including phenoxy) is 3. The Morgan fingerprint density at radius 3 is 0.854 bits per heavy atom. The molecular weight excluding hydrogens is 504 g/mol. The van der Waals surface area contributed by atoms with Crippen LogP contribution in [0.15, 0.2) is 164 Å². The smallest absolute Gasteiger partial charge is 0.414 e. The highest BCUT2D eigenvalue weighted by Crippen LogP contribution is 2.39. The lowest BCUT2D eigenvalue weighted by Gasteiger charge is -2.33. The van der Waals surface area contributed by atoms with Crippen LogP contribution >= 0.6 is 0 Å². The van der Waals surface area contributed by atoms with Crippen LogP contribution in [0.1, 0.15) is 6.92 Å². The molecule has 0 spiro atoms. The molecule has 0 aliphatic carbocycles. The Balaban J connectivity index is 1.44. The van der Waals surface area contributed by atoms with Crippen LogP contribution in [0.5, 0.6) is 17.2 Å². The van der Waals surface area contributed by atoms with Crippen molar-refractivity contribution >= 4 is 0 Å². The van der Waals surface area contributed by atoms with Crippen LogP contribution < -0.4 is 14.2 Å². The van der Waals surface area contributed by atoms with Crippen LogP contribution in [0, 0.1) is 0 Å². The Labute approximate surface area is 241 Å². The van der Waals surface area contributed by atoms with Gasteiger partial charge in [0.2, 0.25) is 0 Å². The molecule has 6 aromatic carbocycles. The molecule has 3 nitrogen and oxygen atoms in total. The highest BCUT2D eigenvalue weighted by Gasteiger charge is 2.35. The van der Waals surface area contributed by atoms with Gasteiger partial charge in [0.25, 0.3) is 0 Å². The third-order valence-electron chi connectivity index (χ3n) is 6.80. The second-order valence-electron chi connectivity index (χ2n) is 9.76. The van der Waals surface area contributed by atoms with Crippen LogP contribution in [0.2, 0.25) is 0 Å². The molecule has 3 heteroatoms. The lowest BCUT2D eigenvalue weighted by molar-refractivity contribution is -0.237. The molecule has 0 bridgehead atoms. The first-order valence-electron chi connectivity index (χ1n) is 13.7. The zero-order valence-corrected chi connectivity index (χ0v) is 22.8. The first-order chi connectivity index (χ1) is 20.2. The van der Waals surface area contributed by atoms with E-state index in [9.17, 15) is 0 Å². The maximum absolute atomic E-state index is 6.73. The van der Waals surface area contributed by atoms with Gasteiger partial charge in [-0.3, -0.25) is 0 Å². The van der Waals surface area contributed by atoms with E-state index in [1.165, 1.54) is 0 Å². The average molecular weight is 535 g/mol. The van der Waals surface area contributed by atoms with E-state index in [0.29, 0.717) is 17.2 Å². The van der Waals surface area contributed by atoms with Gasteiger partial charge in [0, 0.05) is 16.7 Å². The molecule has 6 rings (SSSR count). The Kier molecular flexibility index (Phi) is 7.51. The first kappa shape index (κ1) is 26.0. The summed E-state index contributed by atoms with van der Waals surface area (Å²) in [6.07, 6.45) is 0. The third kappa shape index (κ3) is 6.00. The van der Waals surface area contributed by atoms with Gasteiger partial charge in [-0.2, -0.15) is 0 Å². The topological polar surface area (TPSA) is 27.7 Å². The van der Waals surface area contributed by atoms with E-state index < -0.39 is 5.97 Å². The largest absolute Gasteiger partial charge is 0.420 e. The fourth-order valence-electron chi connectivity index (χ4n) is 4.90. The summed E-state index contributed by atoms with van der Waals surface area (Å²) in [5.74, 6) is 0.419. The number of hydrogen-bond acceptors (Lipinski definition) is 3. The molecule has 0 saturated heterocycles. The predicted molar refractivity (Wildman–Crippen MR) is 166 cm³/mol. The van der Waals surface area contributed by atoms with Gasteiger partial charge in [-0.05, 0) is 34.9 Å². The van der Waals surface area contributed by atoms with E-state index >= 15 is 0 Å². The molecule has 41 heavy (non-hydrogen) atoms. The molecule has 0 amide bonds. The average Bonchev–Trinajstić information content (AvgIpc) is 3.03. The van der Waals surface area contributed by atoms with Crippen molar-refractivity contribution in [3.05, 3.63) is 164 Å². The summed E-state index contributed by atoms with van der Waals surface area (Å²) < 4.78 is 20.2. The molecule has 0 aromatic heterocycles. The summed E-state index contributed by atoms with van der Waals surface area (Å²) in [4.78, 5) is 0. The predicted octanol–water partition coefficient (Wildman–Crippen LogP) is 9.90. The van der Waals surface area contributed by atoms with Crippen molar-refractivity contribution in [3.8, 4) is 50.6 Å². The molecule has 0 atom stereocenters. The molecule has 0 heterocycles. The molecule has 200 valence electrons. The van der Waals surface area contributed by atoms with Gasteiger partial charge in [-0.1, -0.05) is 146 Å². The molecule has 6 aromatic rings. The van der Waals surface area contributed by atoms with E-state index in [1.807, 2.05) is 134 Å². The van der Waals surface area contributed by atoms with Crippen molar-refractivity contribution in [1.29, 1.82) is 0 Å². The van der Waals surface area contributed by atoms with Crippen LogP contribution in [0.3, 0.4) is 0 Å². The molecule has 0 unspecified atom stereocenters. The summed E-state index contributed by atoms with van der Waals surface area (Å²) in [7, 11) is 0. The second kappa shape index (κ2) is 11.8. The minimum Gasteiger partial charge on any atom is -0.420 e.